The third kappa shape index (κ3) is 5.35. The third-order valence-corrected chi connectivity index (χ3v) is 4.93. The van der Waals surface area contributed by atoms with E-state index in [1.165, 1.54) is 0 Å². The summed E-state index contributed by atoms with van der Waals surface area (Å²) in [6.45, 7) is 1.52. The highest BCUT2D eigenvalue weighted by atomic mass is 32.2. The summed E-state index contributed by atoms with van der Waals surface area (Å²) in [6, 6.07) is -0.351. The molecular weight excluding hydrogens is 314 g/mol. The van der Waals surface area contributed by atoms with E-state index in [2.05, 4.69) is 5.32 Å². The van der Waals surface area contributed by atoms with Crippen molar-refractivity contribution in [2.24, 2.45) is 0 Å². The second kappa shape index (κ2) is 7.70. The Bertz CT molecular complexity index is 420. The van der Waals surface area contributed by atoms with Gasteiger partial charge in [0.05, 0.1) is 6.54 Å². The van der Waals surface area contributed by atoms with Crippen LogP contribution in [0.4, 0.5) is 17.6 Å². The zero-order valence-corrected chi connectivity index (χ0v) is 12.6. The van der Waals surface area contributed by atoms with Gasteiger partial charge in [-0.1, -0.05) is 13.3 Å². The quantitative estimate of drug-likeness (QED) is 0.655. The van der Waals surface area contributed by atoms with Crippen LogP contribution in [-0.2, 0) is 10.2 Å². The van der Waals surface area contributed by atoms with Gasteiger partial charge in [-0.25, -0.2) is 8.78 Å². The van der Waals surface area contributed by atoms with E-state index in [1.807, 2.05) is 6.92 Å². The third-order valence-electron chi connectivity index (χ3n) is 3.32. The summed E-state index contributed by atoms with van der Waals surface area (Å²) < 4.78 is 76.6. The summed E-state index contributed by atoms with van der Waals surface area (Å²) in [4.78, 5) is 0. The topological polar surface area (TPSA) is 61.4 Å². The minimum atomic E-state index is -4.37. The maximum atomic E-state index is 12.8. The minimum Gasteiger partial charge on any atom is -0.315 e. The molecule has 0 aromatic carbocycles. The van der Waals surface area contributed by atoms with Crippen LogP contribution in [0.2, 0.25) is 0 Å². The van der Waals surface area contributed by atoms with Crippen molar-refractivity contribution < 1.29 is 26.0 Å². The summed E-state index contributed by atoms with van der Waals surface area (Å²) in [5.74, 6) is -4.37. The van der Waals surface area contributed by atoms with Crippen LogP contribution >= 0.6 is 0 Å². The standard InChI is InChI=1S/C11H21F4N3O2S/c1-2-16-7-9-5-3-4-6-18(9)21(19,20)17-8-11(14,15)10(12)13/h9-10,16-17H,2-8H2,1H3. The average Bonchev–Trinajstić information content (AvgIpc) is 2.43. The molecule has 1 aliphatic rings. The number of likely N-dealkylation sites (N-methyl/N-ethyl adjacent to an activating group) is 1. The minimum absolute atomic E-state index is 0.200. The van der Waals surface area contributed by atoms with Gasteiger partial charge in [0.25, 0.3) is 10.2 Å². The molecule has 0 radical (unpaired) electrons. The first-order chi connectivity index (χ1) is 9.70. The van der Waals surface area contributed by atoms with E-state index in [0.29, 0.717) is 25.9 Å². The molecule has 0 aromatic rings. The van der Waals surface area contributed by atoms with E-state index < -0.39 is 29.1 Å². The second-order valence-corrected chi connectivity index (χ2v) is 6.66. The highest BCUT2D eigenvalue weighted by Crippen LogP contribution is 2.23. The van der Waals surface area contributed by atoms with Crippen LogP contribution in [0.1, 0.15) is 26.2 Å². The highest BCUT2D eigenvalue weighted by Gasteiger charge is 2.43. The van der Waals surface area contributed by atoms with Crippen molar-refractivity contribution in [1.29, 1.82) is 0 Å². The van der Waals surface area contributed by atoms with Gasteiger partial charge in [0.1, 0.15) is 0 Å². The number of nitrogens with zero attached hydrogens (tertiary/aromatic N) is 1. The van der Waals surface area contributed by atoms with Crippen molar-refractivity contribution in [2.75, 3.05) is 26.2 Å². The van der Waals surface area contributed by atoms with Crippen LogP contribution < -0.4 is 10.0 Å². The lowest BCUT2D eigenvalue weighted by atomic mass is 10.1. The molecule has 1 rings (SSSR count). The fraction of sp³-hybridized carbons (Fsp3) is 1.00. The molecule has 0 bridgehead atoms. The van der Waals surface area contributed by atoms with Crippen molar-refractivity contribution >= 4 is 10.2 Å². The Labute approximate surface area is 122 Å². The van der Waals surface area contributed by atoms with Gasteiger partial charge in [-0.2, -0.15) is 26.2 Å². The Morgan fingerprint density at radius 1 is 1.33 bits per heavy atom. The first-order valence-electron chi connectivity index (χ1n) is 6.84. The number of piperidine rings is 1. The number of halogens is 4. The molecule has 0 amide bonds. The first-order valence-corrected chi connectivity index (χ1v) is 8.28. The molecule has 1 heterocycles. The fourth-order valence-corrected chi connectivity index (χ4v) is 3.64. The van der Waals surface area contributed by atoms with E-state index >= 15 is 0 Å². The van der Waals surface area contributed by atoms with Gasteiger partial charge in [-0.3, -0.25) is 0 Å². The summed E-state index contributed by atoms with van der Waals surface area (Å²) >= 11 is 0. The molecule has 1 unspecified atom stereocenters. The van der Waals surface area contributed by atoms with Gasteiger partial charge in [0, 0.05) is 19.1 Å². The summed E-state index contributed by atoms with van der Waals surface area (Å²) in [5.41, 5.74) is 0. The summed E-state index contributed by atoms with van der Waals surface area (Å²) in [6.07, 6.45) is -1.83. The van der Waals surface area contributed by atoms with Crippen LogP contribution in [0.25, 0.3) is 0 Å². The van der Waals surface area contributed by atoms with Crippen molar-refractivity contribution in [1.82, 2.24) is 14.3 Å². The summed E-state index contributed by atoms with van der Waals surface area (Å²) in [7, 11) is -4.20. The molecule has 5 nitrogen and oxygen atoms in total. The second-order valence-electron chi connectivity index (χ2n) is 4.96. The lowest BCUT2D eigenvalue weighted by Crippen LogP contribution is -2.54. The molecule has 10 heteroatoms. The number of rotatable bonds is 8. The molecule has 1 atom stereocenters. The van der Waals surface area contributed by atoms with Crippen LogP contribution in [0, 0.1) is 0 Å². The van der Waals surface area contributed by atoms with E-state index in [9.17, 15) is 26.0 Å². The molecule has 0 aliphatic carbocycles. The zero-order chi connectivity index (χ0) is 16.1. The Kier molecular flexibility index (Phi) is 6.82. The van der Waals surface area contributed by atoms with Gasteiger partial charge < -0.3 is 5.32 Å². The molecule has 2 N–H and O–H groups in total. The maximum absolute atomic E-state index is 12.8. The zero-order valence-electron chi connectivity index (χ0n) is 11.8. The van der Waals surface area contributed by atoms with Gasteiger partial charge >= 0.3 is 12.3 Å². The van der Waals surface area contributed by atoms with Crippen LogP contribution in [0.15, 0.2) is 0 Å². The average molecular weight is 335 g/mol. The first kappa shape index (κ1) is 18.6. The fourth-order valence-electron chi connectivity index (χ4n) is 2.15. The van der Waals surface area contributed by atoms with Crippen molar-refractivity contribution in [2.45, 2.75) is 44.6 Å². The van der Waals surface area contributed by atoms with Crippen molar-refractivity contribution in [3.8, 4) is 0 Å². The molecule has 1 aliphatic heterocycles. The lowest BCUT2D eigenvalue weighted by Gasteiger charge is -2.35. The largest absolute Gasteiger partial charge is 0.320 e. The number of hydrogen-bond acceptors (Lipinski definition) is 3. The molecular formula is C11H21F4N3O2S. The predicted octanol–water partition coefficient (Wildman–Crippen LogP) is 1.19. The van der Waals surface area contributed by atoms with Gasteiger partial charge in [0.2, 0.25) is 0 Å². The molecule has 0 saturated carbocycles. The van der Waals surface area contributed by atoms with Crippen LogP contribution in [-0.4, -0.2) is 57.3 Å². The predicted molar refractivity (Wildman–Crippen MR) is 70.8 cm³/mol. The van der Waals surface area contributed by atoms with Crippen LogP contribution in [0.3, 0.4) is 0 Å². The molecule has 126 valence electrons. The number of hydrogen-bond donors (Lipinski definition) is 2. The molecule has 0 aromatic heterocycles. The van der Waals surface area contributed by atoms with Gasteiger partial charge in [-0.05, 0) is 19.4 Å². The Hall–Kier alpha value is -0.450. The monoisotopic (exact) mass is 335 g/mol. The van der Waals surface area contributed by atoms with E-state index in [4.69, 9.17) is 0 Å². The summed E-state index contributed by atoms with van der Waals surface area (Å²) in [5, 5.41) is 3.01. The number of alkyl halides is 4. The smallest absolute Gasteiger partial charge is 0.315 e. The van der Waals surface area contributed by atoms with E-state index in [0.717, 1.165) is 10.7 Å². The highest BCUT2D eigenvalue weighted by molar-refractivity contribution is 7.87. The van der Waals surface area contributed by atoms with E-state index in [1.54, 1.807) is 4.72 Å². The Balaban J connectivity index is 2.70. The van der Waals surface area contributed by atoms with Crippen LogP contribution in [0.5, 0.6) is 0 Å². The normalized spacial score (nSPS) is 21.9. The lowest BCUT2D eigenvalue weighted by molar-refractivity contribution is -0.122. The van der Waals surface area contributed by atoms with Gasteiger partial charge in [-0.15, -0.1) is 0 Å². The molecule has 1 fully saturated rings. The number of nitrogens with one attached hydrogen (secondary N) is 2. The Morgan fingerprint density at radius 3 is 2.57 bits per heavy atom. The van der Waals surface area contributed by atoms with Crippen molar-refractivity contribution in [3.63, 3.8) is 0 Å². The van der Waals surface area contributed by atoms with E-state index in [-0.39, 0.29) is 12.6 Å². The molecule has 0 spiro atoms. The molecule has 1 saturated heterocycles. The van der Waals surface area contributed by atoms with Gasteiger partial charge in [0.15, 0.2) is 0 Å². The SMILES string of the molecule is CCNCC1CCCCN1S(=O)(=O)NCC(F)(F)C(F)F. The molecule has 21 heavy (non-hydrogen) atoms. The maximum Gasteiger partial charge on any atom is 0.320 e. The van der Waals surface area contributed by atoms with Crippen molar-refractivity contribution in [3.05, 3.63) is 0 Å². The Morgan fingerprint density at radius 2 is 2.00 bits per heavy atom.